The number of hydrogen-bond acceptors (Lipinski definition) is 8. The van der Waals surface area contributed by atoms with E-state index in [1.54, 1.807) is 24.3 Å². The van der Waals surface area contributed by atoms with Crippen LogP contribution in [0.5, 0.6) is 11.5 Å². The van der Waals surface area contributed by atoms with E-state index in [1.807, 2.05) is 62.4 Å². The average Bonchev–Trinajstić information content (AvgIpc) is 3.30. The van der Waals surface area contributed by atoms with Crippen LogP contribution in [0.15, 0.2) is 87.0 Å². The first-order valence-electron chi connectivity index (χ1n) is 13.4. The van der Waals surface area contributed by atoms with Gasteiger partial charge in [0.15, 0.2) is 0 Å². The highest BCUT2D eigenvalue weighted by atomic mass is 79.9. The molecule has 0 N–H and O–H groups in total. The summed E-state index contributed by atoms with van der Waals surface area (Å²) in [4.78, 5) is 12.7. The molecule has 2 aromatic carbocycles. The minimum Gasteiger partial charge on any atom is -0.457 e. The van der Waals surface area contributed by atoms with E-state index in [4.69, 9.17) is 25.6 Å². The number of carbonyl (C=O) groups excluding carboxylic acids is 1. The Labute approximate surface area is 273 Å². The summed E-state index contributed by atoms with van der Waals surface area (Å²) in [6.45, 7) is 4.03. The van der Waals surface area contributed by atoms with Crippen molar-refractivity contribution >= 4 is 57.3 Å². The summed E-state index contributed by atoms with van der Waals surface area (Å²) in [5.74, 6) is 1.65. The number of nitrogens with zero attached hydrogens (tertiary/aromatic N) is 1. The molecule has 8 nitrogen and oxygen atoms in total. The Morgan fingerprint density at radius 3 is 2.42 bits per heavy atom. The number of para-hydroxylation sites is 1. The molecule has 0 aliphatic heterocycles. The van der Waals surface area contributed by atoms with E-state index in [2.05, 4.69) is 47.0 Å². The quantitative estimate of drug-likeness (QED) is 0.134. The van der Waals surface area contributed by atoms with Gasteiger partial charge in [-0.2, -0.15) is 5.26 Å². The van der Waals surface area contributed by atoms with E-state index in [0.717, 1.165) is 9.81 Å². The topological polar surface area (TPSA) is 104 Å². The van der Waals surface area contributed by atoms with Crippen molar-refractivity contribution in [1.29, 1.82) is 5.26 Å². The fraction of sp³-hybridized carbons (Fsp3) is 0.355. The molecule has 5 atom stereocenters. The molecule has 2 aromatic rings. The van der Waals surface area contributed by atoms with E-state index in [0.29, 0.717) is 27.9 Å². The minimum atomic E-state index is -3.46. The van der Waals surface area contributed by atoms with Crippen LogP contribution in [0.1, 0.15) is 31.9 Å². The predicted octanol–water partition coefficient (Wildman–Crippen LogP) is 9.55. The van der Waals surface area contributed by atoms with Gasteiger partial charge in [-0.1, -0.05) is 74.0 Å². The number of hydrogen-bond donors (Lipinski definition) is 0. The highest BCUT2D eigenvalue weighted by molar-refractivity contribution is 9.28. The Kier molecular flexibility index (Phi) is 11.0. The Morgan fingerprint density at radius 2 is 1.79 bits per heavy atom. The van der Waals surface area contributed by atoms with Crippen LogP contribution in [0.3, 0.4) is 0 Å². The van der Waals surface area contributed by atoms with Crippen molar-refractivity contribution in [2.75, 3.05) is 14.2 Å². The third-order valence-electron chi connectivity index (χ3n) is 7.65. The first kappa shape index (κ1) is 33.5. The Morgan fingerprint density at radius 1 is 1.12 bits per heavy atom. The number of halogens is 3. The van der Waals surface area contributed by atoms with Crippen LogP contribution in [0, 0.1) is 40.4 Å². The maximum Gasteiger partial charge on any atom is 0.529 e. The molecule has 228 valence electrons. The molecule has 0 saturated heterocycles. The highest BCUT2D eigenvalue weighted by Gasteiger charge is 2.62. The third-order valence-corrected chi connectivity index (χ3v) is 9.93. The molecule has 1 fully saturated rings. The molecule has 0 heterocycles. The van der Waals surface area contributed by atoms with Crippen molar-refractivity contribution in [3.63, 3.8) is 0 Å². The van der Waals surface area contributed by atoms with Gasteiger partial charge in [-0.3, -0.25) is 13.8 Å². The second kappa shape index (κ2) is 14.2. The van der Waals surface area contributed by atoms with Gasteiger partial charge in [0.1, 0.15) is 23.3 Å². The summed E-state index contributed by atoms with van der Waals surface area (Å²) < 4.78 is 38.5. The lowest BCUT2D eigenvalue weighted by Crippen LogP contribution is -2.25. The molecule has 1 saturated carbocycles. The number of phosphoric ester groups is 1. The fourth-order valence-electron chi connectivity index (χ4n) is 5.11. The molecule has 2 unspecified atom stereocenters. The van der Waals surface area contributed by atoms with Crippen molar-refractivity contribution in [2.45, 2.75) is 26.4 Å². The number of allylic oxidation sites excluding steroid dienone is 5. The van der Waals surface area contributed by atoms with Gasteiger partial charge in [-0.25, -0.2) is 4.57 Å². The van der Waals surface area contributed by atoms with E-state index < -0.39 is 13.9 Å². The second-order valence-electron chi connectivity index (χ2n) is 10.6. The smallest absolute Gasteiger partial charge is 0.457 e. The van der Waals surface area contributed by atoms with Crippen molar-refractivity contribution in [3.05, 3.63) is 92.6 Å². The van der Waals surface area contributed by atoms with Crippen molar-refractivity contribution in [3.8, 4) is 17.6 Å². The van der Waals surface area contributed by atoms with E-state index >= 15 is 0 Å². The molecule has 5 rings (SSSR count). The van der Waals surface area contributed by atoms with Crippen LogP contribution in [-0.4, -0.2) is 20.2 Å². The molecule has 0 amide bonds. The number of nitriles is 1. The standard InChI is InChI=1S/C22H19Br2NO3.C9H12ClO4P/c1-22(2)17(12-19(23)24)20(22)21(26)28-18(13-25)14-7-6-10-16(11-14)27-15-8-4-3-5-9-15;1-12-15(11,13-2)14-9-7-5-3-4-6(7)8(9)10/h3-12,17-18,20H,1-2H3;3-4,6-7H,5H2,1-2H3/t17-,18+,20-;/m0./s1. The maximum atomic E-state index is 12.7. The predicted molar refractivity (Wildman–Crippen MR) is 170 cm³/mol. The largest absolute Gasteiger partial charge is 0.529 e. The summed E-state index contributed by atoms with van der Waals surface area (Å²) in [6.07, 6.45) is 5.90. The SMILES string of the molecule is CC1(C)[C@H](C(=O)O[C@H](C#N)c2cccc(Oc3ccccc3)c2)[C@@H]1C=C(Br)Br.COP(=O)(OC)OC1=C(Cl)C2C=CCC12. The molecule has 0 bridgehead atoms. The summed E-state index contributed by atoms with van der Waals surface area (Å²) in [5, 5.41) is 10.2. The van der Waals surface area contributed by atoms with Crippen LogP contribution >= 0.6 is 51.3 Å². The Bertz CT molecular complexity index is 1510. The summed E-state index contributed by atoms with van der Waals surface area (Å²) >= 11 is 12.7. The number of esters is 1. The summed E-state index contributed by atoms with van der Waals surface area (Å²) in [7, 11) is -0.900. The number of ether oxygens (including phenoxy) is 2. The van der Waals surface area contributed by atoms with Crippen molar-refractivity contribution in [1.82, 2.24) is 0 Å². The molecule has 0 radical (unpaired) electrons. The first-order valence-corrected chi connectivity index (χ1v) is 16.8. The molecular formula is C31H31Br2ClNO7P. The second-order valence-corrected chi connectivity index (χ2v) is 15.6. The average molecular weight is 756 g/mol. The normalized spacial score (nSPS) is 23.4. The molecule has 0 spiro atoms. The number of rotatable bonds is 10. The van der Waals surface area contributed by atoms with Crippen LogP contribution in [-0.2, 0) is 27.7 Å². The molecule has 43 heavy (non-hydrogen) atoms. The zero-order valence-corrected chi connectivity index (χ0v) is 28.7. The molecule has 3 aliphatic carbocycles. The monoisotopic (exact) mass is 753 g/mol. The van der Waals surface area contributed by atoms with Crippen LogP contribution in [0.4, 0.5) is 0 Å². The Balaban J connectivity index is 0.000000237. The van der Waals surface area contributed by atoms with Crippen LogP contribution in [0.25, 0.3) is 0 Å². The maximum absolute atomic E-state index is 12.7. The van der Waals surface area contributed by atoms with Gasteiger partial charge < -0.3 is 14.0 Å². The molecule has 0 aromatic heterocycles. The van der Waals surface area contributed by atoms with Gasteiger partial charge in [-0.05, 0) is 73.9 Å². The summed E-state index contributed by atoms with van der Waals surface area (Å²) in [5.41, 5.74) is 0.374. The van der Waals surface area contributed by atoms with Gasteiger partial charge in [0.05, 0.1) is 14.3 Å². The molecular weight excluding hydrogens is 725 g/mol. The van der Waals surface area contributed by atoms with Gasteiger partial charge in [-0.15, -0.1) is 0 Å². The van der Waals surface area contributed by atoms with Crippen molar-refractivity contribution < 1.29 is 32.4 Å². The van der Waals surface area contributed by atoms with Gasteiger partial charge in [0.2, 0.25) is 6.10 Å². The Hall–Kier alpha value is -2.38. The lowest BCUT2D eigenvalue weighted by Gasteiger charge is -2.34. The van der Waals surface area contributed by atoms with E-state index in [-0.39, 0.29) is 35.1 Å². The fourth-order valence-corrected chi connectivity index (χ4v) is 6.91. The lowest BCUT2D eigenvalue weighted by molar-refractivity contribution is -0.149. The van der Waals surface area contributed by atoms with Crippen molar-refractivity contribution in [2.24, 2.45) is 29.1 Å². The van der Waals surface area contributed by atoms with E-state index in [9.17, 15) is 14.6 Å². The lowest BCUT2D eigenvalue weighted by atomic mass is 9.82. The van der Waals surface area contributed by atoms with Crippen LogP contribution < -0.4 is 4.74 Å². The number of carbonyl (C=O) groups is 1. The zero-order valence-electron chi connectivity index (χ0n) is 23.9. The number of benzene rings is 2. The third kappa shape index (κ3) is 7.83. The first-order chi connectivity index (χ1) is 20.4. The van der Waals surface area contributed by atoms with Gasteiger partial charge >= 0.3 is 13.8 Å². The minimum absolute atomic E-state index is 0.0563. The highest BCUT2D eigenvalue weighted by Crippen LogP contribution is 2.61. The number of fused-ring (bicyclic) bond motifs is 1. The van der Waals surface area contributed by atoms with Gasteiger partial charge in [0, 0.05) is 31.6 Å². The van der Waals surface area contributed by atoms with E-state index in [1.165, 1.54) is 14.2 Å². The zero-order chi connectivity index (χ0) is 31.4. The molecule has 12 heteroatoms. The summed E-state index contributed by atoms with van der Waals surface area (Å²) in [6, 6.07) is 18.5. The van der Waals surface area contributed by atoms with Gasteiger partial charge in [0.25, 0.3) is 0 Å². The number of phosphoric acid groups is 1. The van der Waals surface area contributed by atoms with Crippen LogP contribution in [0.2, 0.25) is 0 Å². The molecule has 3 aliphatic rings.